The normalized spacial score (nSPS) is 14.2. The van der Waals surface area contributed by atoms with Crippen molar-refractivity contribution < 1.29 is 17.9 Å². The number of ether oxygens (including phenoxy) is 1. The summed E-state index contributed by atoms with van der Waals surface area (Å²) < 4.78 is 31.7. The van der Waals surface area contributed by atoms with E-state index < -0.39 is 16.0 Å². The first-order valence-electron chi connectivity index (χ1n) is 8.54. The van der Waals surface area contributed by atoms with Crippen LogP contribution >= 0.6 is 11.3 Å². The smallest absolute Gasteiger partial charge is 0.338 e. The van der Waals surface area contributed by atoms with Crippen molar-refractivity contribution in [1.82, 2.24) is 4.98 Å². The maximum Gasteiger partial charge on any atom is 0.338 e. The van der Waals surface area contributed by atoms with E-state index in [1.54, 1.807) is 18.2 Å². The summed E-state index contributed by atoms with van der Waals surface area (Å²) in [5, 5.41) is 0.741. The number of carbonyl (C=O) groups excluding carboxylic acids is 1. The van der Waals surface area contributed by atoms with Crippen LogP contribution in [0.15, 0.2) is 42.5 Å². The topological polar surface area (TPSA) is 76.6 Å². The van der Waals surface area contributed by atoms with Gasteiger partial charge < -0.3 is 4.74 Å². The molecule has 0 amide bonds. The van der Waals surface area contributed by atoms with Gasteiger partial charge in [0, 0.05) is 6.54 Å². The number of esters is 1. The maximum absolute atomic E-state index is 12.4. The number of anilines is 1. The molecule has 140 valence electrons. The van der Waals surface area contributed by atoms with E-state index >= 15 is 0 Å². The van der Waals surface area contributed by atoms with Crippen molar-refractivity contribution >= 4 is 43.2 Å². The maximum atomic E-state index is 12.4. The van der Waals surface area contributed by atoms with Crippen molar-refractivity contribution in [3.8, 4) is 0 Å². The van der Waals surface area contributed by atoms with E-state index in [-0.39, 0.29) is 6.61 Å². The molecule has 0 aliphatic carbocycles. The quantitative estimate of drug-likeness (QED) is 0.626. The fourth-order valence-corrected chi connectivity index (χ4v) is 5.10. The predicted molar refractivity (Wildman–Crippen MR) is 106 cm³/mol. The van der Waals surface area contributed by atoms with Gasteiger partial charge in [0.05, 0.1) is 27.7 Å². The molecule has 4 rings (SSSR count). The lowest BCUT2D eigenvalue weighted by Gasteiger charge is -2.29. The molecule has 27 heavy (non-hydrogen) atoms. The van der Waals surface area contributed by atoms with Crippen molar-refractivity contribution in [1.29, 1.82) is 0 Å². The number of aromatic nitrogens is 1. The molecule has 0 saturated heterocycles. The molecule has 1 aliphatic rings. The summed E-state index contributed by atoms with van der Waals surface area (Å²) in [7, 11) is -3.32. The van der Waals surface area contributed by atoms with Crippen LogP contribution in [0.2, 0.25) is 0 Å². The Kier molecular flexibility index (Phi) is 4.61. The Morgan fingerprint density at radius 1 is 1.26 bits per heavy atom. The zero-order chi connectivity index (χ0) is 19.0. The molecule has 0 bridgehead atoms. The van der Waals surface area contributed by atoms with Crippen molar-refractivity contribution in [3.63, 3.8) is 0 Å². The highest BCUT2D eigenvalue weighted by Crippen LogP contribution is 2.30. The molecule has 6 nitrogen and oxygen atoms in total. The van der Waals surface area contributed by atoms with Crippen LogP contribution in [0.5, 0.6) is 0 Å². The molecule has 2 heterocycles. The van der Waals surface area contributed by atoms with Gasteiger partial charge in [-0.15, -0.1) is 11.3 Å². The van der Waals surface area contributed by atoms with E-state index in [9.17, 15) is 13.2 Å². The molecule has 0 spiro atoms. The van der Waals surface area contributed by atoms with E-state index in [2.05, 4.69) is 4.98 Å². The monoisotopic (exact) mass is 402 g/mol. The summed E-state index contributed by atoms with van der Waals surface area (Å²) in [6.07, 6.45) is 2.66. The number of hydrogen-bond acceptors (Lipinski definition) is 6. The molecule has 1 aromatic heterocycles. The number of nitrogens with zero attached hydrogens (tertiary/aromatic N) is 2. The Morgan fingerprint density at radius 3 is 2.85 bits per heavy atom. The SMILES string of the molecule is CS(=O)(=O)N1CCCc2cc(C(=O)OCc3nc4ccccc4s3)ccc21. The fourth-order valence-electron chi connectivity index (χ4n) is 3.23. The number of carbonyl (C=O) groups is 1. The molecule has 0 fully saturated rings. The molecule has 1 aliphatic heterocycles. The van der Waals surface area contributed by atoms with Gasteiger partial charge in [0.25, 0.3) is 0 Å². The second-order valence-electron chi connectivity index (χ2n) is 6.43. The molecular weight excluding hydrogens is 384 g/mol. The average molecular weight is 402 g/mol. The van der Waals surface area contributed by atoms with E-state index in [1.165, 1.54) is 21.9 Å². The Balaban J connectivity index is 1.51. The van der Waals surface area contributed by atoms with Crippen LogP contribution in [0, 0.1) is 0 Å². The van der Waals surface area contributed by atoms with Crippen LogP contribution in [0.25, 0.3) is 10.2 Å². The van der Waals surface area contributed by atoms with Gasteiger partial charge >= 0.3 is 5.97 Å². The molecule has 0 saturated carbocycles. The fraction of sp³-hybridized carbons (Fsp3) is 0.263. The number of hydrogen-bond donors (Lipinski definition) is 0. The lowest BCUT2D eigenvalue weighted by atomic mass is 10.0. The summed E-state index contributed by atoms with van der Waals surface area (Å²) in [5.74, 6) is -0.437. The summed E-state index contributed by atoms with van der Waals surface area (Å²) >= 11 is 1.50. The molecule has 0 radical (unpaired) electrons. The summed E-state index contributed by atoms with van der Waals surface area (Å²) in [6, 6.07) is 12.8. The first-order valence-corrected chi connectivity index (χ1v) is 11.2. The van der Waals surface area contributed by atoms with Gasteiger partial charge in [-0.25, -0.2) is 18.2 Å². The standard InChI is InChI=1S/C19H18N2O4S2/c1-27(23,24)21-10-4-5-13-11-14(8-9-16(13)21)19(22)25-12-18-20-15-6-2-3-7-17(15)26-18/h2-3,6-9,11H,4-5,10,12H2,1H3. The minimum absolute atomic E-state index is 0.116. The number of aryl methyl sites for hydroxylation is 1. The van der Waals surface area contributed by atoms with Crippen LogP contribution in [0.4, 0.5) is 5.69 Å². The Labute approximate surface area is 161 Å². The highest BCUT2D eigenvalue weighted by molar-refractivity contribution is 7.92. The van der Waals surface area contributed by atoms with Gasteiger partial charge in [0.15, 0.2) is 0 Å². The van der Waals surface area contributed by atoms with Crippen LogP contribution < -0.4 is 4.31 Å². The Bertz CT molecular complexity index is 1090. The van der Waals surface area contributed by atoms with Gasteiger partial charge in [0.1, 0.15) is 11.6 Å². The first-order chi connectivity index (χ1) is 12.9. The van der Waals surface area contributed by atoms with Crippen LogP contribution in [0.1, 0.15) is 27.3 Å². The van der Waals surface area contributed by atoms with E-state index in [1.807, 2.05) is 24.3 Å². The zero-order valence-electron chi connectivity index (χ0n) is 14.7. The van der Waals surface area contributed by atoms with Crippen LogP contribution in [0.3, 0.4) is 0 Å². The third-order valence-electron chi connectivity index (χ3n) is 4.46. The van der Waals surface area contributed by atoms with E-state index in [4.69, 9.17) is 4.74 Å². The zero-order valence-corrected chi connectivity index (χ0v) is 16.3. The Hall–Kier alpha value is -2.45. The lowest BCUT2D eigenvalue weighted by molar-refractivity contribution is 0.0472. The summed E-state index contributed by atoms with van der Waals surface area (Å²) in [6.45, 7) is 0.581. The second-order valence-corrected chi connectivity index (χ2v) is 9.46. The lowest BCUT2D eigenvalue weighted by Crippen LogP contribution is -2.34. The summed E-state index contributed by atoms with van der Waals surface area (Å²) in [5.41, 5.74) is 2.81. The number of sulfonamides is 1. The highest BCUT2D eigenvalue weighted by Gasteiger charge is 2.25. The molecule has 0 unspecified atom stereocenters. The first kappa shape index (κ1) is 17.9. The van der Waals surface area contributed by atoms with Crippen LogP contribution in [-0.2, 0) is 27.8 Å². The molecule has 8 heteroatoms. The van der Waals surface area contributed by atoms with E-state index in [0.717, 1.165) is 33.6 Å². The number of benzene rings is 2. The molecular formula is C19H18N2O4S2. The molecule has 0 atom stereocenters. The van der Waals surface area contributed by atoms with Crippen LogP contribution in [-0.4, -0.2) is 32.2 Å². The average Bonchev–Trinajstić information content (AvgIpc) is 3.07. The number of thiazole rings is 1. The molecule has 3 aromatic rings. The highest BCUT2D eigenvalue weighted by atomic mass is 32.2. The third kappa shape index (κ3) is 3.68. The predicted octanol–water partition coefficient (Wildman–Crippen LogP) is 3.37. The van der Waals surface area contributed by atoms with Crippen molar-refractivity contribution in [3.05, 3.63) is 58.6 Å². The number of fused-ring (bicyclic) bond motifs is 2. The third-order valence-corrected chi connectivity index (χ3v) is 6.65. The van der Waals surface area contributed by atoms with Gasteiger partial charge in [-0.2, -0.15) is 0 Å². The van der Waals surface area contributed by atoms with E-state index in [0.29, 0.717) is 17.8 Å². The number of para-hydroxylation sites is 1. The minimum atomic E-state index is -3.32. The number of rotatable bonds is 4. The van der Waals surface area contributed by atoms with Crippen molar-refractivity contribution in [2.24, 2.45) is 0 Å². The molecule has 0 N–H and O–H groups in total. The van der Waals surface area contributed by atoms with Gasteiger partial charge in [-0.1, -0.05) is 12.1 Å². The molecule has 2 aromatic carbocycles. The van der Waals surface area contributed by atoms with Crippen molar-refractivity contribution in [2.45, 2.75) is 19.4 Å². The largest absolute Gasteiger partial charge is 0.455 e. The van der Waals surface area contributed by atoms with Crippen molar-refractivity contribution in [2.75, 3.05) is 17.1 Å². The second kappa shape index (κ2) is 6.94. The van der Waals surface area contributed by atoms with Gasteiger partial charge in [-0.05, 0) is 48.7 Å². The minimum Gasteiger partial charge on any atom is -0.455 e. The summed E-state index contributed by atoms with van der Waals surface area (Å²) in [4.78, 5) is 16.9. The van der Waals surface area contributed by atoms with Gasteiger partial charge in [-0.3, -0.25) is 4.31 Å². The Morgan fingerprint density at radius 2 is 2.07 bits per heavy atom. The van der Waals surface area contributed by atoms with Gasteiger partial charge in [0.2, 0.25) is 10.0 Å².